The minimum absolute atomic E-state index is 0.859. The monoisotopic (exact) mass is 739 g/mol. The molecule has 0 amide bonds. The van der Waals surface area contributed by atoms with E-state index in [4.69, 9.17) is 4.42 Å². The Morgan fingerprint density at radius 2 is 0.793 bits per heavy atom. The van der Waals surface area contributed by atoms with Crippen LogP contribution in [0.2, 0.25) is 0 Å². The van der Waals surface area contributed by atoms with Crippen LogP contribution in [0.5, 0.6) is 0 Å². The third-order valence-corrected chi connectivity index (χ3v) is 11.5. The number of furan rings is 1. The topological polar surface area (TPSA) is 16.4 Å². The first kappa shape index (κ1) is 33.6. The molecular formula is C56H37NO. The summed E-state index contributed by atoms with van der Waals surface area (Å²) in [6.07, 6.45) is 0. The minimum atomic E-state index is 0.859. The van der Waals surface area contributed by atoms with Crippen LogP contribution >= 0.6 is 0 Å². The van der Waals surface area contributed by atoms with Gasteiger partial charge in [0.25, 0.3) is 0 Å². The minimum Gasteiger partial charge on any atom is -0.456 e. The van der Waals surface area contributed by atoms with Crippen LogP contribution in [0.15, 0.2) is 229 Å². The molecule has 1 aromatic heterocycles. The van der Waals surface area contributed by atoms with Gasteiger partial charge in [-0.1, -0.05) is 188 Å². The largest absolute Gasteiger partial charge is 0.456 e. The Morgan fingerprint density at radius 1 is 0.293 bits per heavy atom. The lowest BCUT2D eigenvalue weighted by molar-refractivity contribution is 0.669. The third-order valence-electron chi connectivity index (χ3n) is 11.5. The maximum Gasteiger partial charge on any atom is 0.137 e. The maximum absolute atomic E-state index is 6.49. The molecule has 0 aliphatic rings. The lowest BCUT2D eigenvalue weighted by Crippen LogP contribution is -2.12. The summed E-state index contributed by atoms with van der Waals surface area (Å²) in [5, 5.41) is 7.14. The second kappa shape index (κ2) is 14.1. The van der Waals surface area contributed by atoms with Crippen molar-refractivity contribution in [2.75, 3.05) is 4.90 Å². The number of fused-ring (bicyclic) bond motifs is 5. The second-order valence-electron chi connectivity index (χ2n) is 14.9. The van der Waals surface area contributed by atoms with Crippen molar-refractivity contribution in [3.8, 4) is 44.5 Å². The summed E-state index contributed by atoms with van der Waals surface area (Å²) in [7, 11) is 0. The van der Waals surface area contributed by atoms with Gasteiger partial charge < -0.3 is 9.32 Å². The van der Waals surface area contributed by atoms with E-state index in [1.807, 2.05) is 6.07 Å². The van der Waals surface area contributed by atoms with Crippen molar-refractivity contribution in [2.45, 2.75) is 0 Å². The van der Waals surface area contributed by atoms with Crippen molar-refractivity contribution in [3.05, 3.63) is 224 Å². The number of benzene rings is 10. The molecule has 0 aliphatic heterocycles. The average Bonchev–Trinajstić information content (AvgIpc) is 3.69. The second-order valence-corrected chi connectivity index (χ2v) is 14.9. The predicted molar refractivity (Wildman–Crippen MR) is 245 cm³/mol. The van der Waals surface area contributed by atoms with E-state index in [9.17, 15) is 0 Å². The highest BCUT2D eigenvalue weighted by Crippen LogP contribution is 2.47. The van der Waals surface area contributed by atoms with Gasteiger partial charge in [-0.2, -0.15) is 0 Å². The van der Waals surface area contributed by atoms with Gasteiger partial charge in [0.1, 0.15) is 11.2 Å². The van der Waals surface area contributed by atoms with Crippen LogP contribution in [-0.4, -0.2) is 0 Å². The normalized spacial score (nSPS) is 11.4. The Hall–Kier alpha value is -7.68. The molecule has 0 bridgehead atoms. The van der Waals surface area contributed by atoms with E-state index in [-0.39, 0.29) is 0 Å². The standard InChI is InChI=1S/C56H37NO/c1-2-13-42(14-3-1)50-36-33-44(49-23-11-18-41-16-5-7-20-47(41)49)37-53(50)57(52-24-12-26-55-56(52)51-21-8-9-25-54(51)58-55)45-34-31-39(32-35-45)38-27-29-43(30-28-38)48-22-10-17-40-15-4-6-19-46(40)48/h1-37H. The van der Waals surface area contributed by atoms with Gasteiger partial charge >= 0.3 is 0 Å². The fourth-order valence-electron chi connectivity index (χ4n) is 8.70. The van der Waals surface area contributed by atoms with E-state index in [2.05, 4.69) is 223 Å². The SMILES string of the molecule is c1ccc(-c2ccc(-c3cccc4ccccc34)cc2N(c2ccc(-c3ccc(-c4cccc5ccccc45)cc3)cc2)c2cccc3oc4ccccc4c23)cc1. The molecule has 0 radical (unpaired) electrons. The van der Waals surface area contributed by atoms with Crippen molar-refractivity contribution in [2.24, 2.45) is 0 Å². The van der Waals surface area contributed by atoms with Crippen LogP contribution < -0.4 is 4.90 Å². The molecule has 11 rings (SSSR count). The lowest BCUT2D eigenvalue weighted by atomic mass is 9.93. The smallest absolute Gasteiger partial charge is 0.137 e. The summed E-state index contributed by atoms with van der Waals surface area (Å²) < 4.78 is 6.49. The molecule has 58 heavy (non-hydrogen) atoms. The Bertz CT molecular complexity index is 3260. The number of nitrogens with zero attached hydrogens (tertiary/aromatic N) is 1. The summed E-state index contributed by atoms with van der Waals surface area (Å²) in [6.45, 7) is 0. The van der Waals surface area contributed by atoms with Crippen LogP contribution in [0.4, 0.5) is 17.1 Å². The van der Waals surface area contributed by atoms with Gasteiger partial charge in [-0.25, -0.2) is 0 Å². The highest BCUT2D eigenvalue weighted by Gasteiger charge is 2.23. The Balaban J connectivity index is 1.09. The Morgan fingerprint density at radius 3 is 1.50 bits per heavy atom. The quantitative estimate of drug-likeness (QED) is 0.162. The fraction of sp³-hybridized carbons (Fsp3) is 0. The molecular weight excluding hydrogens is 703 g/mol. The fourth-order valence-corrected chi connectivity index (χ4v) is 8.70. The van der Waals surface area contributed by atoms with Crippen molar-refractivity contribution >= 4 is 60.5 Å². The highest BCUT2D eigenvalue weighted by atomic mass is 16.3. The predicted octanol–water partition coefficient (Wildman–Crippen LogP) is 16.0. The molecule has 0 spiro atoms. The van der Waals surface area contributed by atoms with Crippen molar-refractivity contribution in [3.63, 3.8) is 0 Å². The van der Waals surface area contributed by atoms with Crippen molar-refractivity contribution in [1.29, 1.82) is 0 Å². The molecule has 2 nitrogen and oxygen atoms in total. The summed E-state index contributed by atoms with van der Waals surface area (Å²) in [6, 6.07) is 80.7. The van der Waals surface area contributed by atoms with Crippen LogP contribution in [0.1, 0.15) is 0 Å². The molecule has 0 aliphatic carbocycles. The summed E-state index contributed by atoms with van der Waals surface area (Å²) in [4.78, 5) is 2.43. The molecule has 0 saturated heterocycles. The van der Waals surface area contributed by atoms with Gasteiger partial charge in [-0.05, 0) is 96.9 Å². The van der Waals surface area contributed by atoms with E-state index in [1.54, 1.807) is 0 Å². The maximum atomic E-state index is 6.49. The van der Waals surface area contributed by atoms with E-state index in [1.165, 1.54) is 43.8 Å². The number of hydrogen-bond donors (Lipinski definition) is 0. The Labute approximate surface area is 337 Å². The van der Waals surface area contributed by atoms with Gasteiger partial charge in [0.15, 0.2) is 0 Å². The zero-order valence-corrected chi connectivity index (χ0v) is 31.7. The van der Waals surface area contributed by atoms with Crippen LogP contribution in [0, 0.1) is 0 Å². The zero-order chi connectivity index (χ0) is 38.4. The van der Waals surface area contributed by atoms with Gasteiger partial charge in [0.2, 0.25) is 0 Å². The van der Waals surface area contributed by atoms with E-state index in [0.717, 1.165) is 61.3 Å². The molecule has 0 atom stereocenters. The molecule has 10 aromatic carbocycles. The summed E-state index contributed by atoms with van der Waals surface area (Å²) in [5.41, 5.74) is 14.4. The first-order chi connectivity index (χ1) is 28.8. The molecule has 0 unspecified atom stereocenters. The highest BCUT2D eigenvalue weighted by molar-refractivity contribution is 6.14. The third kappa shape index (κ3) is 5.82. The van der Waals surface area contributed by atoms with Gasteiger partial charge in [-0.3, -0.25) is 0 Å². The van der Waals surface area contributed by atoms with Crippen molar-refractivity contribution in [1.82, 2.24) is 0 Å². The number of hydrogen-bond acceptors (Lipinski definition) is 2. The molecule has 2 heteroatoms. The van der Waals surface area contributed by atoms with Crippen LogP contribution in [-0.2, 0) is 0 Å². The number of para-hydroxylation sites is 1. The van der Waals surface area contributed by atoms with Gasteiger partial charge in [0, 0.05) is 16.6 Å². The zero-order valence-electron chi connectivity index (χ0n) is 31.7. The summed E-state index contributed by atoms with van der Waals surface area (Å²) >= 11 is 0. The van der Waals surface area contributed by atoms with E-state index in [0.29, 0.717) is 0 Å². The summed E-state index contributed by atoms with van der Waals surface area (Å²) in [5.74, 6) is 0. The first-order valence-electron chi connectivity index (χ1n) is 19.8. The van der Waals surface area contributed by atoms with Gasteiger partial charge in [0.05, 0.1) is 16.8 Å². The van der Waals surface area contributed by atoms with Crippen molar-refractivity contribution < 1.29 is 4.42 Å². The first-order valence-corrected chi connectivity index (χ1v) is 19.8. The molecule has 0 saturated carbocycles. The van der Waals surface area contributed by atoms with E-state index >= 15 is 0 Å². The molecule has 0 N–H and O–H groups in total. The average molecular weight is 740 g/mol. The van der Waals surface area contributed by atoms with Crippen LogP contribution in [0.3, 0.4) is 0 Å². The van der Waals surface area contributed by atoms with Gasteiger partial charge in [-0.15, -0.1) is 0 Å². The molecule has 0 fully saturated rings. The number of rotatable bonds is 7. The number of anilines is 3. The molecule has 11 aromatic rings. The van der Waals surface area contributed by atoms with E-state index < -0.39 is 0 Å². The molecule has 1 heterocycles. The van der Waals surface area contributed by atoms with Crippen LogP contribution in [0.25, 0.3) is 88.0 Å². The lowest BCUT2D eigenvalue weighted by Gasteiger charge is -2.29. The molecule has 272 valence electrons. The Kier molecular flexibility index (Phi) is 8.19.